The lowest BCUT2D eigenvalue weighted by Crippen LogP contribution is -2.39. The van der Waals surface area contributed by atoms with Crippen molar-refractivity contribution < 1.29 is 29.6 Å². The van der Waals surface area contributed by atoms with Gasteiger partial charge < -0.3 is 29.6 Å². The van der Waals surface area contributed by atoms with Crippen molar-refractivity contribution in [1.82, 2.24) is 0 Å². The van der Waals surface area contributed by atoms with Crippen molar-refractivity contribution in [2.45, 2.75) is 72.5 Å². The molecular weight excluding hydrogens is 472 g/mol. The van der Waals surface area contributed by atoms with Gasteiger partial charge in [-0.25, -0.2) is 0 Å². The summed E-state index contributed by atoms with van der Waals surface area (Å²) in [4.78, 5) is 14.0. The number of phenols is 3. The molecule has 0 fully saturated rings. The molecule has 1 aliphatic heterocycles. The van der Waals surface area contributed by atoms with E-state index in [1.807, 2.05) is 39.8 Å². The van der Waals surface area contributed by atoms with Gasteiger partial charge in [-0.15, -0.1) is 0 Å². The van der Waals surface area contributed by atoms with Crippen LogP contribution in [0, 0.1) is 0 Å². The molecule has 0 bridgehead atoms. The summed E-state index contributed by atoms with van der Waals surface area (Å²) in [6.45, 7) is 11.0. The Bertz CT molecular complexity index is 1490. The summed E-state index contributed by atoms with van der Waals surface area (Å²) < 4.78 is 12.5. The van der Waals surface area contributed by atoms with Gasteiger partial charge in [0.15, 0.2) is 0 Å². The average Bonchev–Trinajstić information content (AvgIpc) is 3.23. The number of aliphatic hydroxyl groups is 1. The van der Waals surface area contributed by atoms with Gasteiger partial charge in [0.05, 0.1) is 11.2 Å². The SMILES string of the molecule is CC(C)=CCc1c2c(c3oc(-c4ccc(O)cc4O)c(CC=C(C)C)c(=O)c3c1O)CC(C(C)(C)O)O2. The summed E-state index contributed by atoms with van der Waals surface area (Å²) in [7, 11) is 0. The lowest BCUT2D eigenvalue weighted by Gasteiger charge is -2.25. The van der Waals surface area contributed by atoms with Crippen LogP contribution in [0.2, 0.25) is 0 Å². The van der Waals surface area contributed by atoms with E-state index in [1.54, 1.807) is 13.8 Å². The Balaban J connectivity index is 2.12. The summed E-state index contributed by atoms with van der Waals surface area (Å²) in [5, 5.41) is 42.6. The van der Waals surface area contributed by atoms with Crippen molar-refractivity contribution in [3.8, 4) is 34.3 Å². The third kappa shape index (κ3) is 4.96. The van der Waals surface area contributed by atoms with Gasteiger partial charge in [0.2, 0.25) is 5.43 Å². The number of phenolic OH excluding ortho intramolecular Hbond substituents is 3. The highest BCUT2D eigenvalue weighted by Gasteiger charge is 2.39. The first kappa shape index (κ1) is 26.4. The largest absolute Gasteiger partial charge is 0.508 e. The molecule has 7 heteroatoms. The Hall–Kier alpha value is -3.71. The maximum atomic E-state index is 14.0. The van der Waals surface area contributed by atoms with E-state index in [2.05, 4.69) is 0 Å². The minimum atomic E-state index is -1.18. The van der Waals surface area contributed by atoms with Crippen LogP contribution in [0.1, 0.15) is 58.2 Å². The smallest absolute Gasteiger partial charge is 0.200 e. The highest BCUT2D eigenvalue weighted by atomic mass is 16.5. The fraction of sp³-hybridized carbons (Fsp3) is 0.367. The van der Waals surface area contributed by atoms with Crippen molar-refractivity contribution in [3.63, 3.8) is 0 Å². The number of aromatic hydroxyl groups is 3. The number of hydrogen-bond acceptors (Lipinski definition) is 7. The molecule has 0 saturated heterocycles. The molecule has 2 aromatic carbocycles. The van der Waals surface area contributed by atoms with Gasteiger partial charge in [-0.05, 0) is 66.5 Å². The second-order valence-electron chi connectivity index (χ2n) is 10.7. The first-order valence-corrected chi connectivity index (χ1v) is 12.3. The molecule has 1 unspecified atom stereocenters. The molecule has 0 spiro atoms. The molecule has 37 heavy (non-hydrogen) atoms. The first-order chi connectivity index (χ1) is 17.3. The minimum absolute atomic E-state index is 0.0510. The molecular formula is C30H34O7. The van der Waals surface area contributed by atoms with Gasteiger partial charge in [-0.1, -0.05) is 23.3 Å². The topological polar surface area (TPSA) is 120 Å². The number of benzene rings is 2. The van der Waals surface area contributed by atoms with Gasteiger partial charge in [-0.2, -0.15) is 0 Å². The molecule has 1 atom stereocenters. The summed E-state index contributed by atoms with van der Waals surface area (Å²) >= 11 is 0. The molecule has 0 radical (unpaired) electrons. The maximum Gasteiger partial charge on any atom is 0.200 e. The molecule has 7 nitrogen and oxygen atoms in total. The Kier molecular flexibility index (Phi) is 6.86. The number of ether oxygens (including phenoxy) is 1. The van der Waals surface area contributed by atoms with E-state index in [-0.39, 0.29) is 57.9 Å². The second kappa shape index (κ2) is 9.63. The summed E-state index contributed by atoms with van der Waals surface area (Å²) in [6.07, 6.45) is 4.04. The molecule has 196 valence electrons. The van der Waals surface area contributed by atoms with E-state index < -0.39 is 17.1 Å². The van der Waals surface area contributed by atoms with Crippen LogP contribution in [-0.4, -0.2) is 32.1 Å². The molecule has 0 aliphatic carbocycles. The summed E-state index contributed by atoms with van der Waals surface area (Å²) in [5.74, 6) is -0.0309. The lowest BCUT2D eigenvalue weighted by molar-refractivity contribution is -0.0232. The van der Waals surface area contributed by atoms with E-state index in [0.29, 0.717) is 23.3 Å². The Morgan fingerprint density at radius 2 is 1.65 bits per heavy atom. The molecule has 0 saturated carbocycles. The van der Waals surface area contributed by atoms with Crippen LogP contribution in [0.5, 0.6) is 23.0 Å². The second-order valence-corrected chi connectivity index (χ2v) is 10.7. The van der Waals surface area contributed by atoms with Crippen molar-refractivity contribution in [2.24, 2.45) is 0 Å². The van der Waals surface area contributed by atoms with Crippen LogP contribution < -0.4 is 10.2 Å². The number of allylic oxidation sites excluding steroid dienone is 4. The molecule has 2 heterocycles. The van der Waals surface area contributed by atoms with Crippen molar-refractivity contribution >= 4 is 11.0 Å². The van der Waals surface area contributed by atoms with Gasteiger partial charge in [0.25, 0.3) is 0 Å². The zero-order valence-electron chi connectivity index (χ0n) is 22.1. The van der Waals surface area contributed by atoms with Crippen LogP contribution >= 0.6 is 0 Å². The highest BCUT2D eigenvalue weighted by Crippen LogP contribution is 2.47. The highest BCUT2D eigenvalue weighted by molar-refractivity contribution is 5.93. The Labute approximate surface area is 216 Å². The van der Waals surface area contributed by atoms with Crippen LogP contribution in [-0.2, 0) is 19.3 Å². The Morgan fingerprint density at radius 3 is 2.22 bits per heavy atom. The molecule has 1 aliphatic rings. The molecule has 3 aromatic rings. The Morgan fingerprint density at radius 1 is 1.03 bits per heavy atom. The third-order valence-corrected chi connectivity index (χ3v) is 6.64. The maximum absolute atomic E-state index is 14.0. The number of hydrogen-bond donors (Lipinski definition) is 4. The number of fused-ring (bicyclic) bond motifs is 3. The van der Waals surface area contributed by atoms with Gasteiger partial charge in [0, 0.05) is 29.2 Å². The van der Waals surface area contributed by atoms with Crippen LogP contribution in [0.4, 0.5) is 0 Å². The summed E-state index contributed by atoms with van der Waals surface area (Å²) in [5.41, 5.74) is 2.17. The third-order valence-electron chi connectivity index (χ3n) is 6.64. The predicted octanol–water partition coefficient (Wildman–Crippen LogP) is 5.67. The fourth-order valence-electron chi connectivity index (χ4n) is 4.55. The lowest BCUT2D eigenvalue weighted by atomic mass is 9.92. The van der Waals surface area contributed by atoms with E-state index in [4.69, 9.17) is 9.15 Å². The van der Waals surface area contributed by atoms with Gasteiger partial charge >= 0.3 is 0 Å². The predicted molar refractivity (Wildman–Crippen MR) is 144 cm³/mol. The van der Waals surface area contributed by atoms with Crippen molar-refractivity contribution in [2.75, 3.05) is 0 Å². The molecule has 4 rings (SSSR count). The van der Waals surface area contributed by atoms with Crippen molar-refractivity contribution in [1.29, 1.82) is 0 Å². The molecule has 0 amide bonds. The first-order valence-electron chi connectivity index (χ1n) is 12.3. The minimum Gasteiger partial charge on any atom is -0.508 e. The molecule has 4 N–H and O–H groups in total. The fourth-order valence-corrected chi connectivity index (χ4v) is 4.55. The van der Waals surface area contributed by atoms with E-state index in [9.17, 15) is 25.2 Å². The zero-order valence-corrected chi connectivity index (χ0v) is 22.1. The van der Waals surface area contributed by atoms with E-state index in [0.717, 1.165) is 11.1 Å². The standard InChI is InChI=1S/C30H34O7/c1-15(2)7-10-19-25(33)24-26(34)20(11-8-16(3)4)28-21(14-23(36-28)30(5,6)35)29(24)37-27(19)18-12-9-17(31)13-22(18)32/h7-9,12-13,23,31-32,34-35H,10-11,14H2,1-6H3. The van der Waals surface area contributed by atoms with Crippen LogP contribution in [0.25, 0.3) is 22.3 Å². The van der Waals surface area contributed by atoms with Crippen LogP contribution in [0.3, 0.4) is 0 Å². The zero-order chi connectivity index (χ0) is 27.2. The van der Waals surface area contributed by atoms with Crippen LogP contribution in [0.15, 0.2) is 50.7 Å². The van der Waals surface area contributed by atoms with Crippen molar-refractivity contribution in [3.05, 3.63) is 68.4 Å². The average molecular weight is 507 g/mol. The normalized spacial score (nSPS) is 14.8. The van der Waals surface area contributed by atoms with E-state index >= 15 is 0 Å². The van der Waals surface area contributed by atoms with Gasteiger partial charge in [-0.3, -0.25) is 4.79 Å². The quantitative estimate of drug-likeness (QED) is 0.318. The van der Waals surface area contributed by atoms with Gasteiger partial charge in [0.1, 0.15) is 45.8 Å². The van der Waals surface area contributed by atoms with E-state index in [1.165, 1.54) is 18.2 Å². The monoisotopic (exact) mass is 506 g/mol. The molecule has 1 aromatic heterocycles. The summed E-state index contributed by atoms with van der Waals surface area (Å²) in [6, 6.07) is 4.07. The number of rotatable bonds is 6.